The minimum atomic E-state index is -0.830. The lowest BCUT2D eigenvalue weighted by Crippen LogP contribution is -2.31. The fourth-order valence-electron chi connectivity index (χ4n) is 3.45. The largest absolute Gasteiger partial charge is 0.507 e. The minimum Gasteiger partial charge on any atom is -0.507 e. The number of aliphatic hydroxyl groups excluding tert-OH is 1. The Balaban J connectivity index is 2.03. The summed E-state index contributed by atoms with van der Waals surface area (Å²) >= 11 is 6.02. The van der Waals surface area contributed by atoms with Gasteiger partial charge in [0.1, 0.15) is 11.6 Å². The summed E-state index contributed by atoms with van der Waals surface area (Å²) in [7, 11) is 0. The molecule has 1 atom stereocenters. The van der Waals surface area contributed by atoms with Crippen LogP contribution in [0.4, 0.5) is 4.39 Å². The number of aliphatic hydroxyl groups is 1. The van der Waals surface area contributed by atoms with Crippen LogP contribution < -0.4 is 0 Å². The first-order valence-electron chi connectivity index (χ1n) is 9.71. The summed E-state index contributed by atoms with van der Waals surface area (Å²) in [4.78, 5) is 27.0. The van der Waals surface area contributed by atoms with Crippen molar-refractivity contribution in [3.8, 4) is 0 Å². The number of ketones is 1. The van der Waals surface area contributed by atoms with Gasteiger partial charge >= 0.3 is 0 Å². The molecule has 1 saturated heterocycles. The topological polar surface area (TPSA) is 66.8 Å². The van der Waals surface area contributed by atoms with Gasteiger partial charge in [-0.1, -0.05) is 35.9 Å². The second-order valence-electron chi connectivity index (χ2n) is 7.33. The number of hydrogen-bond donors (Lipinski definition) is 1. The van der Waals surface area contributed by atoms with Crippen molar-refractivity contribution >= 4 is 29.1 Å². The maximum absolute atomic E-state index is 13.5. The van der Waals surface area contributed by atoms with Gasteiger partial charge in [-0.3, -0.25) is 9.59 Å². The van der Waals surface area contributed by atoms with Gasteiger partial charge in [0, 0.05) is 23.7 Å². The van der Waals surface area contributed by atoms with E-state index in [-0.39, 0.29) is 24.0 Å². The van der Waals surface area contributed by atoms with Crippen molar-refractivity contribution in [1.82, 2.24) is 4.90 Å². The van der Waals surface area contributed by atoms with Gasteiger partial charge < -0.3 is 14.7 Å². The third kappa shape index (κ3) is 4.71. The normalized spacial score (nSPS) is 18.4. The van der Waals surface area contributed by atoms with Gasteiger partial charge in [-0.25, -0.2) is 4.39 Å². The molecule has 0 bridgehead atoms. The Labute approximate surface area is 179 Å². The summed E-state index contributed by atoms with van der Waals surface area (Å²) in [6.07, 6.45) is 0.566. The summed E-state index contributed by atoms with van der Waals surface area (Å²) < 4.78 is 19.0. The zero-order valence-electron chi connectivity index (χ0n) is 16.8. The Morgan fingerprint density at radius 2 is 1.90 bits per heavy atom. The molecule has 1 aliphatic rings. The molecule has 0 aromatic heterocycles. The van der Waals surface area contributed by atoms with Crippen LogP contribution in [0, 0.1) is 5.82 Å². The summed E-state index contributed by atoms with van der Waals surface area (Å²) in [5.41, 5.74) is 0.818. The van der Waals surface area contributed by atoms with Gasteiger partial charge in [-0.05, 0) is 50.1 Å². The number of likely N-dealkylation sites (tertiary alicyclic amines) is 1. The van der Waals surface area contributed by atoms with Crippen LogP contribution in [0.1, 0.15) is 37.4 Å². The predicted octanol–water partition coefficient (Wildman–Crippen LogP) is 4.72. The highest BCUT2D eigenvalue weighted by molar-refractivity contribution is 6.46. The average molecular weight is 432 g/mol. The van der Waals surface area contributed by atoms with E-state index in [2.05, 4.69) is 0 Å². The number of amides is 1. The highest BCUT2D eigenvalue weighted by Crippen LogP contribution is 2.39. The molecule has 0 saturated carbocycles. The van der Waals surface area contributed by atoms with Crippen LogP contribution in [-0.2, 0) is 14.3 Å². The van der Waals surface area contributed by atoms with E-state index in [4.69, 9.17) is 16.3 Å². The Morgan fingerprint density at radius 3 is 2.53 bits per heavy atom. The molecule has 7 heteroatoms. The second kappa shape index (κ2) is 9.41. The van der Waals surface area contributed by atoms with Gasteiger partial charge in [-0.2, -0.15) is 0 Å². The molecule has 158 valence electrons. The molecular weight excluding hydrogens is 409 g/mol. The van der Waals surface area contributed by atoms with Crippen molar-refractivity contribution in [2.24, 2.45) is 0 Å². The zero-order chi connectivity index (χ0) is 21.8. The van der Waals surface area contributed by atoms with Crippen molar-refractivity contribution in [3.63, 3.8) is 0 Å². The molecule has 1 fully saturated rings. The number of nitrogens with zero attached hydrogens (tertiary/aromatic N) is 1. The van der Waals surface area contributed by atoms with Crippen LogP contribution in [0.2, 0.25) is 5.02 Å². The second-order valence-corrected chi connectivity index (χ2v) is 7.76. The summed E-state index contributed by atoms with van der Waals surface area (Å²) in [5, 5.41) is 11.3. The molecule has 5 nitrogen and oxygen atoms in total. The van der Waals surface area contributed by atoms with E-state index in [1.54, 1.807) is 18.2 Å². The summed E-state index contributed by atoms with van der Waals surface area (Å²) in [5.74, 6) is -2.24. The first-order valence-corrected chi connectivity index (χ1v) is 10.1. The maximum atomic E-state index is 13.5. The molecule has 30 heavy (non-hydrogen) atoms. The van der Waals surface area contributed by atoms with Gasteiger partial charge in [0.25, 0.3) is 11.7 Å². The van der Waals surface area contributed by atoms with Crippen LogP contribution in [0.15, 0.2) is 54.1 Å². The Bertz CT molecular complexity index is 971. The maximum Gasteiger partial charge on any atom is 0.295 e. The van der Waals surface area contributed by atoms with Gasteiger partial charge in [0.05, 0.1) is 17.7 Å². The van der Waals surface area contributed by atoms with E-state index in [0.29, 0.717) is 29.2 Å². The fourth-order valence-corrected chi connectivity index (χ4v) is 3.64. The number of benzene rings is 2. The molecule has 2 aromatic carbocycles. The van der Waals surface area contributed by atoms with Crippen molar-refractivity contribution in [1.29, 1.82) is 0 Å². The van der Waals surface area contributed by atoms with E-state index < -0.39 is 23.5 Å². The number of rotatable bonds is 7. The van der Waals surface area contributed by atoms with Crippen molar-refractivity contribution < 1.29 is 23.8 Å². The van der Waals surface area contributed by atoms with E-state index in [1.807, 2.05) is 13.8 Å². The van der Waals surface area contributed by atoms with E-state index in [9.17, 15) is 19.1 Å². The fraction of sp³-hybridized carbons (Fsp3) is 0.304. The average Bonchev–Trinajstić information content (AvgIpc) is 2.96. The van der Waals surface area contributed by atoms with E-state index in [0.717, 1.165) is 0 Å². The lowest BCUT2D eigenvalue weighted by molar-refractivity contribution is -0.140. The lowest BCUT2D eigenvalue weighted by atomic mass is 9.95. The van der Waals surface area contributed by atoms with E-state index in [1.165, 1.54) is 35.2 Å². The number of carbonyl (C=O) groups excluding carboxylic acids is 2. The highest BCUT2D eigenvalue weighted by Gasteiger charge is 2.45. The highest BCUT2D eigenvalue weighted by atomic mass is 35.5. The van der Waals surface area contributed by atoms with Crippen LogP contribution in [0.5, 0.6) is 0 Å². The first-order chi connectivity index (χ1) is 14.3. The third-order valence-corrected chi connectivity index (χ3v) is 5.05. The molecule has 0 aliphatic carbocycles. The van der Waals surface area contributed by atoms with Crippen molar-refractivity contribution in [2.75, 3.05) is 13.2 Å². The Kier molecular flexibility index (Phi) is 6.90. The molecule has 0 radical (unpaired) electrons. The molecule has 0 spiro atoms. The lowest BCUT2D eigenvalue weighted by Gasteiger charge is -2.25. The molecule has 1 unspecified atom stereocenters. The molecule has 3 rings (SSSR count). The third-order valence-electron chi connectivity index (χ3n) is 4.82. The summed E-state index contributed by atoms with van der Waals surface area (Å²) in [6, 6.07) is 11.1. The molecule has 1 aliphatic heterocycles. The molecule has 1 N–H and O–H groups in total. The van der Waals surface area contributed by atoms with Crippen LogP contribution in [0.25, 0.3) is 5.76 Å². The van der Waals surface area contributed by atoms with Crippen LogP contribution >= 0.6 is 11.6 Å². The van der Waals surface area contributed by atoms with Crippen LogP contribution in [-0.4, -0.2) is 41.0 Å². The van der Waals surface area contributed by atoms with E-state index >= 15 is 0 Å². The monoisotopic (exact) mass is 431 g/mol. The minimum absolute atomic E-state index is 0.0429. The number of halogens is 2. The number of carbonyl (C=O) groups is 2. The van der Waals surface area contributed by atoms with Gasteiger partial charge in [-0.15, -0.1) is 0 Å². The quantitative estimate of drug-likeness (QED) is 0.298. The Hall–Kier alpha value is -2.70. The number of hydrogen-bond acceptors (Lipinski definition) is 4. The summed E-state index contributed by atoms with van der Waals surface area (Å²) in [6.45, 7) is 4.50. The predicted molar refractivity (Wildman–Crippen MR) is 113 cm³/mol. The molecule has 2 aromatic rings. The number of ether oxygens (including phenoxy) is 1. The molecule has 1 amide bonds. The SMILES string of the molecule is CC(C)OCCCN1C(=O)C(=O)/C(=C(\O)c2cccc(Cl)c2)C1c1ccc(F)cc1. The van der Waals surface area contributed by atoms with Gasteiger partial charge in [0.2, 0.25) is 0 Å². The smallest absolute Gasteiger partial charge is 0.295 e. The van der Waals surface area contributed by atoms with Gasteiger partial charge in [0.15, 0.2) is 0 Å². The molecular formula is C23H23ClFNO4. The number of Topliss-reactive ketones (excluding diaryl/α,β-unsaturated/α-hetero) is 1. The standard InChI is InChI=1S/C23H23ClFNO4/c1-14(2)30-12-4-11-26-20(15-7-9-18(25)10-8-15)19(22(28)23(26)29)21(27)16-5-3-6-17(24)13-16/h3,5-10,13-14,20,27H,4,11-12H2,1-2H3/b21-19-. The molecule has 1 heterocycles. The van der Waals surface area contributed by atoms with Crippen molar-refractivity contribution in [3.05, 3.63) is 76.1 Å². The van der Waals surface area contributed by atoms with Crippen molar-refractivity contribution in [2.45, 2.75) is 32.4 Å². The Morgan fingerprint density at radius 1 is 1.20 bits per heavy atom. The van der Waals surface area contributed by atoms with Crippen LogP contribution in [0.3, 0.4) is 0 Å². The first kappa shape index (κ1) is 22.0. The zero-order valence-corrected chi connectivity index (χ0v) is 17.5.